The Hall–Kier alpha value is -3.21. The quantitative estimate of drug-likeness (QED) is 0.406. The highest BCUT2D eigenvalue weighted by atomic mass is 32.2. The van der Waals surface area contributed by atoms with Gasteiger partial charge in [-0.3, -0.25) is 0 Å². The Morgan fingerprint density at radius 2 is 1.59 bits per heavy atom. The van der Waals surface area contributed by atoms with Gasteiger partial charge in [-0.05, 0) is 75.7 Å². The number of hydrogen-bond donors (Lipinski definition) is 3. The predicted octanol–water partition coefficient (Wildman–Crippen LogP) is 4.16. The van der Waals surface area contributed by atoms with Gasteiger partial charge < -0.3 is 20.4 Å². The fraction of sp³-hybridized carbons (Fsp3) is 0.407. The molecule has 1 saturated carbocycles. The monoisotopic (exact) mass is 521 g/mol. The molecule has 0 spiro atoms. The van der Waals surface area contributed by atoms with Gasteiger partial charge in [-0.1, -0.05) is 12.5 Å². The van der Waals surface area contributed by atoms with E-state index in [4.69, 9.17) is 0 Å². The van der Waals surface area contributed by atoms with Crippen molar-refractivity contribution in [1.82, 2.24) is 19.6 Å². The summed E-state index contributed by atoms with van der Waals surface area (Å²) in [6.45, 7) is 7.92. The van der Waals surface area contributed by atoms with Gasteiger partial charge in [0, 0.05) is 61.0 Å². The molecule has 2 aromatic carbocycles. The van der Waals surface area contributed by atoms with Crippen molar-refractivity contribution < 1.29 is 8.42 Å². The largest absolute Gasteiger partial charge is 0.369 e. The Balaban J connectivity index is 1.29. The molecule has 0 radical (unpaired) electrons. The van der Waals surface area contributed by atoms with Gasteiger partial charge in [0.15, 0.2) is 0 Å². The van der Waals surface area contributed by atoms with Crippen molar-refractivity contribution in [2.75, 3.05) is 48.8 Å². The average Bonchev–Trinajstić information content (AvgIpc) is 2.86. The first-order valence-corrected chi connectivity index (χ1v) is 14.3. The number of piperazine rings is 1. The summed E-state index contributed by atoms with van der Waals surface area (Å²) >= 11 is 0. The van der Waals surface area contributed by atoms with Crippen LogP contribution in [0.15, 0.2) is 53.6 Å². The molecule has 0 unspecified atom stereocenters. The zero-order valence-corrected chi connectivity index (χ0v) is 22.5. The number of rotatable bonds is 8. The van der Waals surface area contributed by atoms with E-state index in [0.717, 1.165) is 56.7 Å². The third-order valence-corrected chi connectivity index (χ3v) is 8.79. The van der Waals surface area contributed by atoms with E-state index in [-0.39, 0.29) is 10.9 Å². The Morgan fingerprint density at radius 1 is 0.892 bits per heavy atom. The van der Waals surface area contributed by atoms with Crippen molar-refractivity contribution >= 4 is 38.9 Å². The SMILES string of the molecule is Cc1ccc(Nc2nc(Nc3ccc(N4CCN(C)CC4)cc3)ncc2C)cc1S(=O)(=O)NC1CCC1. The van der Waals surface area contributed by atoms with E-state index in [9.17, 15) is 8.42 Å². The molecule has 0 amide bonds. The van der Waals surface area contributed by atoms with Crippen LogP contribution >= 0.6 is 0 Å². The highest BCUT2D eigenvalue weighted by molar-refractivity contribution is 7.89. The van der Waals surface area contributed by atoms with Gasteiger partial charge in [0.2, 0.25) is 16.0 Å². The second kappa shape index (κ2) is 10.6. The maximum Gasteiger partial charge on any atom is 0.241 e. The number of aryl methyl sites for hydroxylation is 2. The van der Waals surface area contributed by atoms with Gasteiger partial charge >= 0.3 is 0 Å². The van der Waals surface area contributed by atoms with Crippen LogP contribution in [0.2, 0.25) is 0 Å². The molecule has 3 aromatic rings. The van der Waals surface area contributed by atoms with Crippen LogP contribution in [0.4, 0.5) is 28.8 Å². The normalized spacial score (nSPS) is 16.9. The summed E-state index contributed by atoms with van der Waals surface area (Å²) in [5, 5.41) is 6.56. The summed E-state index contributed by atoms with van der Waals surface area (Å²) in [5.74, 6) is 1.08. The van der Waals surface area contributed by atoms with Crippen molar-refractivity contribution in [2.45, 2.75) is 44.0 Å². The first-order valence-electron chi connectivity index (χ1n) is 12.8. The summed E-state index contributed by atoms with van der Waals surface area (Å²) in [6, 6.07) is 13.7. The number of aromatic nitrogens is 2. The van der Waals surface area contributed by atoms with Gasteiger partial charge in [-0.25, -0.2) is 18.1 Å². The number of nitrogens with zero attached hydrogens (tertiary/aromatic N) is 4. The molecule has 5 rings (SSSR count). The number of sulfonamides is 1. The van der Waals surface area contributed by atoms with Crippen molar-refractivity contribution in [3.05, 3.63) is 59.8 Å². The van der Waals surface area contributed by atoms with Gasteiger partial charge in [0.1, 0.15) is 5.82 Å². The maximum atomic E-state index is 12.9. The molecule has 0 atom stereocenters. The topological polar surface area (TPSA) is 102 Å². The van der Waals surface area contributed by atoms with E-state index < -0.39 is 10.0 Å². The fourth-order valence-corrected chi connectivity index (χ4v) is 6.07. The molecule has 10 heteroatoms. The molecule has 196 valence electrons. The second-order valence-corrected chi connectivity index (χ2v) is 11.7. The number of anilines is 5. The minimum absolute atomic E-state index is 0.0365. The maximum absolute atomic E-state index is 12.9. The van der Waals surface area contributed by atoms with E-state index in [1.807, 2.05) is 38.1 Å². The third-order valence-electron chi connectivity index (χ3n) is 7.13. The van der Waals surface area contributed by atoms with Gasteiger partial charge in [-0.15, -0.1) is 0 Å². The van der Waals surface area contributed by atoms with E-state index in [1.165, 1.54) is 5.69 Å². The first kappa shape index (κ1) is 25.4. The molecule has 2 heterocycles. The van der Waals surface area contributed by atoms with Gasteiger partial charge in [0.05, 0.1) is 4.90 Å². The summed E-state index contributed by atoms with van der Waals surface area (Å²) in [5.41, 5.74) is 4.33. The molecule has 9 nitrogen and oxygen atoms in total. The van der Waals surface area contributed by atoms with Crippen molar-refractivity contribution in [1.29, 1.82) is 0 Å². The predicted molar refractivity (Wildman–Crippen MR) is 149 cm³/mol. The van der Waals surface area contributed by atoms with E-state index in [2.05, 4.69) is 54.3 Å². The van der Waals surface area contributed by atoms with Crippen LogP contribution < -0.4 is 20.3 Å². The zero-order chi connectivity index (χ0) is 26.0. The minimum atomic E-state index is -3.58. The van der Waals surface area contributed by atoms with Crippen molar-refractivity contribution in [3.8, 4) is 0 Å². The van der Waals surface area contributed by atoms with E-state index >= 15 is 0 Å². The van der Waals surface area contributed by atoms with Gasteiger partial charge in [0.25, 0.3) is 0 Å². The average molecular weight is 522 g/mol. The Kier molecular flexibility index (Phi) is 7.32. The Morgan fingerprint density at radius 3 is 2.27 bits per heavy atom. The molecule has 1 aliphatic carbocycles. The van der Waals surface area contributed by atoms with Crippen LogP contribution in [-0.4, -0.2) is 62.6 Å². The van der Waals surface area contributed by atoms with Crippen LogP contribution in [0.25, 0.3) is 0 Å². The molecular weight excluding hydrogens is 486 g/mol. The highest BCUT2D eigenvalue weighted by Crippen LogP contribution is 2.27. The van der Waals surface area contributed by atoms with Crippen LogP contribution in [0.1, 0.15) is 30.4 Å². The second-order valence-electron chi connectivity index (χ2n) is 10.0. The standard InChI is InChI=1S/C27H35N7O2S/c1-19-7-8-23(17-25(19)37(35,36)32-22-5-4-6-22)29-26-20(2)18-28-27(31-26)30-21-9-11-24(12-10-21)34-15-13-33(3)14-16-34/h7-12,17-18,22,32H,4-6,13-16H2,1-3H3,(H2,28,29,30,31). The van der Waals surface area contributed by atoms with Crippen LogP contribution in [0, 0.1) is 13.8 Å². The molecule has 1 saturated heterocycles. The number of hydrogen-bond acceptors (Lipinski definition) is 8. The number of nitrogens with one attached hydrogen (secondary N) is 3. The Bertz CT molecular complexity index is 1350. The lowest BCUT2D eigenvalue weighted by molar-refractivity contribution is 0.313. The molecule has 1 aromatic heterocycles. The fourth-order valence-electron chi connectivity index (χ4n) is 4.49. The number of likely N-dealkylation sites (N-methyl/N-ethyl adjacent to an activating group) is 1. The van der Waals surface area contributed by atoms with Gasteiger partial charge in [-0.2, -0.15) is 4.98 Å². The first-order chi connectivity index (χ1) is 17.8. The summed E-state index contributed by atoms with van der Waals surface area (Å²) in [7, 11) is -1.43. The molecule has 3 N–H and O–H groups in total. The Labute approximate surface area is 219 Å². The molecular formula is C27H35N7O2S. The number of benzene rings is 2. The summed E-state index contributed by atoms with van der Waals surface area (Å²) in [6.07, 6.45) is 4.60. The molecule has 2 fully saturated rings. The molecule has 0 bridgehead atoms. The lowest BCUT2D eigenvalue weighted by Gasteiger charge is -2.34. The van der Waals surface area contributed by atoms with E-state index in [0.29, 0.717) is 23.0 Å². The van der Waals surface area contributed by atoms with Crippen LogP contribution in [0.5, 0.6) is 0 Å². The van der Waals surface area contributed by atoms with Crippen molar-refractivity contribution in [3.63, 3.8) is 0 Å². The van der Waals surface area contributed by atoms with Crippen LogP contribution in [0.3, 0.4) is 0 Å². The molecule has 1 aliphatic heterocycles. The lowest BCUT2D eigenvalue weighted by Crippen LogP contribution is -2.44. The molecule has 2 aliphatic rings. The summed E-state index contributed by atoms with van der Waals surface area (Å²) in [4.78, 5) is 14.1. The third kappa shape index (κ3) is 6.03. The zero-order valence-electron chi connectivity index (χ0n) is 21.7. The van der Waals surface area contributed by atoms with Crippen LogP contribution in [-0.2, 0) is 10.0 Å². The highest BCUT2D eigenvalue weighted by Gasteiger charge is 2.26. The minimum Gasteiger partial charge on any atom is -0.369 e. The van der Waals surface area contributed by atoms with E-state index in [1.54, 1.807) is 12.3 Å². The molecule has 37 heavy (non-hydrogen) atoms. The smallest absolute Gasteiger partial charge is 0.241 e. The lowest BCUT2D eigenvalue weighted by atomic mass is 9.94. The van der Waals surface area contributed by atoms with Crippen molar-refractivity contribution in [2.24, 2.45) is 0 Å². The summed E-state index contributed by atoms with van der Waals surface area (Å²) < 4.78 is 28.7.